The van der Waals surface area contributed by atoms with Crippen molar-refractivity contribution < 1.29 is 14.6 Å². The molecule has 3 nitrogen and oxygen atoms in total. The summed E-state index contributed by atoms with van der Waals surface area (Å²) in [6.45, 7) is 1.50. The third-order valence-electron chi connectivity index (χ3n) is 0.833. The molecule has 11 heavy (non-hydrogen) atoms. The van der Waals surface area contributed by atoms with Crippen molar-refractivity contribution in [2.75, 3.05) is 6.61 Å². The summed E-state index contributed by atoms with van der Waals surface area (Å²) in [5, 5.41) is 8.27. The van der Waals surface area contributed by atoms with Gasteiger partial charge in [0.05, 0.1) is 0 Å². The van der Waals surface area contributed by atoms with E-state index in [1.54, 1.807) is 6.08 Å². The van der Waals surface area contributed by atoms with Gasteiger partial charge in [-0.2, -0.15) is 0 Å². The highest BCUT2D eigenvalue weighted by Gasteiger charge is 1.99. The predicted molar refractivity (Wildman–Crippen MR) is 45.2 cm³/mol. The van der Waals surface area contributed by atoms with E-state index in [0.717, 1.165) is 6.42 Å². The van der Waals surface area contributed by atoms with Crippen LogP contribution in [0.1, 0.15) is 13.3 Å². The van der Waals surface area contributed by atoms with Crippen molar-refractivity contribution in [2.45, 2.75) is 13.3 Å². The Morgan fingerprint density at radius 3 is 2.82 bits per heavy atom. The van der Waals surface area contributed by atoms with E-state index in [4.69, 9.17) is 5.11 Å². The van der Waals surface area contributed by atoms with Gasteiger partial charge in [-0.1, -0.05) is 13.0 Å². The molecule has 0 saturated heterocycles. The Balaban J connectivity index is 3.69. The third kappa shape index (κ3) is 5.69. The molecule has 0 fully saturated rings. The number of ether oxygens (including phenoxy) is 1. The van der Waals surface area contributed by atoms with Crippen molar-refractivity contribution in [1.82, 2.24) is 0 Å². The molecule has 0 unspecified atom stereocenters. The Labute approximate surface area is 70.7 Å². The number of aliphatic hydroxyl groups is 1. The van der Waals surface area contributed by atoms with Crippen molar-refractivity contribution >= 4 is 23.2 Å². The molecule has 0 aromatic rings. The Kier molecular flexibility index (Phi) is 5.60. The molecule has 0 amide bonds. The Hall–Kier alpha value is -0.740. The average molecular weight is 174 g/mol. The normalized spacial score (nSPS) is 10.0. The van der Waals surface area contributed by atoms with Crippen LogP contribution in [0.2, 0.25) is 0 Å². The number of rotatable bonds is 3. The first-order chi connectivity index (χ1) is 5.20. The second-order valence-electron chi connectivity index (χ2n) is 1.76. The average Bonchev–Trinajstić information content (AvgIpc) is 2.00. The number of esters is 1. The van der Waals surface area contributed by atoms with Crippen molar-refractivity contribution in [3.05, 3.63) is 12.2 Å². The number of allylic oxidation sites excluding steroid dienone is 1. The first-order valence-corrected chi connectivity index (χ1v) is 3.63. The lowest BCUT2D eigenvalue weighted by molar-refractivity contribution is -0.130. The molecule has 4 heteroatoms. The zero-order valence-electron chi connectivity index (χ0n) is 6.24. The maximum Gasteiger partial charge on any atom is 0.336 e. The minimum Gasteiger partial charge on any atom is -0.413 e. The first-order valence-electron chi connectivity index (χ1n) is 3.22. The van der Waals surface area contributed by atoms with Gasteiger partial charge in [-0.15, -0.1) is 0 Å². The monoisotopic (exact) mass is 174 g/mol. The lowest BCUT2D eigenvalue weighted by atomic mass is 10.4. The van der Waals surface area contributed by atoms with E-state index in [9.17, 15) is 4.79 Å². The fourth-order valence-corrected chi connectivity index (χ4v) is 0.475. The highest BCUT2D eigenvalue weighted by atomic mass is 32.1. The molecule has 1 N–H and O–H groups in total. The number of hydrogen-bond acceptors (Lipinski definition) is 4. The van der Waals surface area contributed by atoms with Gasteiger partial charge >= 0.3 is 5.97 Å². The van der Waals surface area contributed by atoms with E-state index in [2.05, 4.69) is 17.0 Å². The van der Waals surface area contributed by atoms with Crippen LogP contribution in [-0.2, 0) is 9.53 Å². The minimum atomic E-state index is -0.536. The molecule has 0 radical (unpaired) electrons. The predicted octanol–water partition coefficient (Wildman–Crippen LogP) is 0.816. The van der Waals surface area contributed by atoms with Crippen molar-refractivity contribution in [2.24, 2.45) is 0 Å². The van der Waals surface area contributed by atoms with Crippen LogP contribution in [-0.4, -0.2) is 22.7 Å². The molecule has 0 aromatic heterocycles. The van der Waals surface area contributed by atoms with Gasteiger partial charge < -0.3 is 9.84 Å². The van der Waals surface area contributed by atoms with Gasteiger partial charge in [0, 0.05) is 6.08 Å². The fourth-order valence-electron chi connectivity index (χ4n) is 0.393. The maximum absolute atomic E-state index is 10.7. The van der Waals surface area contributed by atoms with Crippen molar-refractivity contribution in [1.29, 1.82) is 0 Å². The van der Waals surface area contributed by atoms with E-state index < -0.39 is 12.6 Å². The fraction of sp³-hybridized carbons (Fsp3) is 0.429. The van der Waals surface area contributed by atoms with E-state index >= 15 is 0 Å². The van der Waals surface area contributed by atoms with Gasteiger partial charge in [0.25, 0.3) is 0 Å². The molecule has 0 aliphatic carbocycles. The summed E-state index contributed by atoms with van der Waals surface area (Å²) in [5.41, 5.74) is 0. The van der Waals surface area contributed by atoms with Crippen LogP contribution < -0.4 is 0 Å². The van der Waals surface area contributed by atoms with Crippen molar-refractivity contribution in [3.8, 4) is 0 Å². The molecular formula is C7H10O3S. The van der Waals surface area contributed by atoms with E-state index in [-0.39, 0.29) is 5.05 Å². The third-order valence-corrected chi connectivity index (χ3v) is 1.05. The van der Waals surface area contributed by atoms with Crippen LogP contribution in [0.4, 0.5) is 0 Å². The van der Waals surface area contributed by atoms with Crippen LogP contribution in [0.15, 0.2) is 12.2 Å². The number of carbonyl (C=O) groups excluding carboxylic acids is 1. The van der Waals surface area contributed by atoms with Crippen LogP contribution in [0.25, 0.3) is 0 Å². The first kappa shape index (κ1) is 10.3. The van der Waals surface area contributed by atoms with Gasteiger partial charge in [-0.3, -0.25) is 0 Å². The van der Waals surface area contributed by atoms with E-state index in [1.165, 1.54) is 6.08 Å². The summed E-state index contributed by atoms with van der Waals surface area (Å²) in [6, 6.07) is 0. The van der Waals surface area contributed by atoms with Gasteiger partial charge in [-0.05, 0) is 18.6 Å². The number of hydrogen-bond donors (Lipinski definition) is 1. The van der Waals surface area contributed by atoms with Crippen LogP contribution in [0.3, 0.4) is 0 Å². The lowest BCUT2D eigenvalue weighted by Crippen LogP contribution is -2.11. The van der Waals surface area contributed by atoms with Crippen LogP contribution >= 0.6 is 12.2 Å². The molecule has 0 aromatic carbocycles. The zero-order chi connectivity index (χ0) is 8.69. The molecule has 0 atom stereocenters. The van der Waals surface area contributed by atoms with Crippen LogP contribution in [0.5, 0.6) is 0 Å². The van der Waals surface area contributed by atoms with Gasteiger partial charge in [-0.25, -0.2) is 4.79 Å². The SMILES string of the molecule is CCC=CC(=O)OC(=S)CO. The number of aliphatic hydroxyl groups excluding tert-OH is 1. The quantitative estimate of drug-likeness (QED) is 0.391. The smallest absolute Gasteiger partial charge is 0.336 e. The Morgan fingerprint density at radius 1 is 1.73 bits per heavy atom. The molecule has 0 aliphatic rings. The molecule has 0 saturated carbocycles. The summed E-state index contributed by atoms with van der Waals surface area (Å²) in [7, 11) is 0. The molecule has 0 spiro atoms. The number of thiocarbonyl (C=S) groups is 1. The van der Waals surface area contributed by atoms with Crippen LogP contribution in [0, 0.1) is 0 Å². The summed E-state index contributed by atoms with van der Waals surface area (Å²) in [4.78, 5) is 10.7. The second-order valence-corrected chi connectivity index (χ2v) is 2.22. The highest BCUT2D eigenvalue weighted by Crippen LogP contribution is 1.87. The topological polar surface area (TPSA) is 46.5 Å². The van der Waals surface area contributed by atoms with Gasteiger partial charge in [0.15, 0.2) is 5.05 Å². The Morgan fingerprint density at radius 2 is 2.36 bits per heavy atom. The lowest BCUT2D eigenvalue weighted by Gasteiger charge is -1.97. The summed E-state index contributed by atoms with van der Waals surface area (Å²) < 4.78 is 4.46. The highest BCUT2D eigenvalue weighted by molar-refractivity contribution is 7.80. The van der Waals surface area contributed by atoms with Gasteiger partial charge in [0.1, 0.15) is 6.61 Å². The van der Waals surface area contributed by atoms with E-state index in [1.807, 2.05) is 6.92 Å². The maximum atomic E-state index is 10.7. The summed E-state index contributed by atoms with van der Waals surface area (Å²) in [6.07, 6.45) is 3.70. The molecule has 0 rings (SSSR count). The van der Waals surface area contributed by atoms with Crippen molar-refractivity contribution in [3.63, 3.8) is 0 Å². The summed E-state index contributed by atoms with van der Waals surface area (Å²) in [5.74, 6) is -0.536. The molecule has 0 aliphatic heterocycles. The molecule has 62 valence electrons. The standard InChI is InChI=1S/C7H10O3S/c1-2-3-4-6(9)10-7(11)5-8/h3-4,8H,2,5H2,1H3. The number of carbonyl (C=O) groups is 1. The second kappa shape index (κ2) is 6.00. The molecular weight excluding hydrogens is 164 g/mol. The molecule has 0 heterocycles. The largest absolute Gasteiger partial charge is 0.413 e. The molecule has 0 bridgehead atoms. The Bertz CT molecular complexity index is 175. The van der Waals surface area contributed by atoms with E-state index in [0.29, 0.717) is 0 Å². The van der Waals surface area contributed by atoms with Gasteiger partial charge in [0.2, 0.25) is 0 Å². The minimum absolute atomic E-state index is 0.101. The summed E-state index contributed by atoms with van der Waals surface area (Å²) >= 11 is 4.45. The zero-order valence-corrected chi connectivity index (χ0v) is 7.06.